The van der Waals surface area contributed by atoms with Crippen molar-refractivity contribution in [1.29, 1.82) is 0 Å². The Balaban J connectivity index is 1.77. The molecule has 0 aliphatic carbocycles. The summed E-state index contributed by atoms with van der Waals surface area (Å²) in [5.41, 5.74) is 2.53. The largest absolute Gasteiger partial charge is 0.331 e. The number of thiophene rings is 1. The molecule has 5 heteroatoms. The van der Waals surface area contributed by atoms with Gasteiger partial charge in [0.1, 0.15) is 5.82 Å². The number of carbonyl (C=O) groups is 1. The fraction of sp³-hybridized carbons (Fsp3) is 0.263. The van der Waals surface area contributed by atoms with Crippen LogP contribution in [0.15, 0.2) is 54.2 Å². The third kappa shape index (κ3) is 3.57. The van der Waals surface area contributed by atoms with Crippen LogP contribution in [0.3, 0.4) is 0 Å². The van der Waals surface area contributed by atoms with Crippen LogP contribution in [0.5, 0.6) is 0 Å². The van der Waals surface area contributed by atoms with E-state index in [4.69, 9.17) is 0 Å². The lowest BCUT2D eigenvalue weighted by Gasteiger charge is -2.20. The average molecular weight is 339 g/mol. The first-order valence-electron chi connectivity index (χ1n) is 8.06. The SMILES string of the molecule is CCN(Cc1nccn1Cc1ccccc1C)C(=O)c1cccs1. The molecule has 0 N–H and O–H groups in total. The topological polar surface area (TPSA) is 38.1 Å². The highest BCUT2D eigenvalue weighted by molar-refractivity contribution is 7.12. The van der Waals surface area contributed by atoms with Gasteiger partial charge in [0.15, 0.2) is 0 Å². The molecule has 4 nitrogen and oxygen atoms in total. The van der Waals surface area contributed by atoms with Gasteiger partial charge in [-0.1, -0.05) is 30.3 Å². The number of nitrogens with zero attached hydrogens (tertiary/aromatic N) is 3. The second kappa shape index (κ2) is 7.45. The number of imidazole rings is 1. The maximum Gasteiger partial charge on any atom is 0.264 e. The molecule has 3 aromatic rings. The van der Waals surface area contributed by atoms with Crippen molar-refractivity contribution in [3.63, 3.8) is 0 Å². The molecule has 2 heterocycles. The Morgan fingerprint density at radius 1 is 1.25 bits per heavy atom. The van der Waals surface area contributed by atoms with Crippen LogP contribution < -0.4 is 0 Å². The number of aryl methyl sites for hydroxylation is 1. The Hall–Kier alpha value is -2.40. The number of amides is 1. The van der Waals surface area contributed by atoms with Gasteiger partial charge in [-0.05, 0) is 36.4 Å². The van der Waals surface area contributed by atoms with Gasteiger partial charge in [0.25, 0.3) is 5.91 Å². The first-order valence-corrected chi connectivity index (χ1v) is 8.94. The second-order valence-electron chi connectivity index (χ2n) is 5.69. The third-order valence-electron chi connectivity index (χ3n) is 4.14. The van der Waals surface area contributed by atoms with Crippen LogP contribution in [0.1, 0.15) is 33.5 Å². The molecule has 3 rings (SSSR count). The van der Waals surface area contributed by atoms with E-state index in [1.165, 1.54) is 22.5 Å². The Labute approximate surface area is 146 Å². The zero-order chi connectivity index (χ0) is 16.9. The smallest absolute Gasteiger partial charge is 0.264 e. The number of aromatic nitrogens is 2. The van der Waals surface area contributed by atoms with Crippen LogP contribution >= 0.6 is 11.3 Å². The van der Waals surface area contributed by atoms with Gasteiger partial charge in [0.2, 0.25) is 0 Å². The summed E-state index contributed by atoms with van der Waals surface area (Å²) in [5, 5.41) is 1.93. The molecule has 0 atom stereocenters. The summed E-state index contributed by atoms with van der Waals surface area (Å²) < 4.78 is 2.12. The van der Waals surface area contributed by atoms with Crippen molar-refractivity contribution in [2.24, 2.45) is 0 Å². The predicted molar refractivity (Wildman–Crippen MR) is 97.2 cm³/mol. The maximum atomic E-state index is 12.6. The molecule has 0 unspecified atom stereocenters. The molecule has 1 aromatic carbocycles. The molecule has 0 fully saturated rings. The molecule has 2 aromatic heterocycles. The summed E-state index contributed by atoms with van der Waals surface area (Å²) in [4.78, 5) is 19.7. The number of carbonyl (C=O) groups excluding carboxylic acids is 1. The van der Waals surface area contributed by atoms with Crippen molar-refractivity contribution in [3.05, 3.63) is 76.0 Å². The lowest BCUT2D eigenvalue weighted by atomic mass is 10.1. The molecule has 24 heavy (non-hydrogen) atoms. The van der Waals surface area contributed by atoms with E-state index in [1.54, 1.807) is 6.20 Å². The van der Waals surface area contributed by atoms with E-state index in [-0.39, 0.29) is 5.91 Å². The quantitative estimate of drug-likeness (QED) is 0.682. The first kappa shape index (κ1) is 16.5. The second-order valence-corrected chi connectivity index (χ2v) is 6.64. The maximum absolute atomic E-state index is 12.6. The monoisotopic (exact) mass is 339 g/mol. The molecular weight excluding hydrogens is 318 g/mol. The normalized spacial score (nSPS) is 10.8. The molecule has 0 aliphatic heterocycles. The molecule has 1 amide bonds. The standard InChI is InChI=1S/C19H21N3OS/c1-3-21(19(23)17-9-6-12-24-17)14-18-20-10-11-22(18)13-16-8-5-4-7-15(16)2/h4-12H,3,13-14H2,1-2H3. The molecule has 0 spiro atoms. The van der Waals surface area contributed by atoms with Crippen molar-refractivity contribution >= 4 is 17.2 Å². The van der Waals surface area contributed by atoms with E-state index in [1.807, 2.05) is 41.6 Å². The number of benzene rings is 1. The lowest BCUT2D eigenvalue weighted by molar-refractivity contribution is 0.0752. The van der Waals surface area contributed by atoms with E-state index in [9.17, 15) is 4.79 Å². The molecule has 0 saturated heterocycles. The van der Waals surface area contributed by atoms with Crippen LogP contribution in [-0.2, 0) is 13.1 Å². The van der Waals surface area contributed by atoms with Crippen molar-refractivity contribution in [1.82, 2.24) is 14.5 Å². The van der Waals surface area contributed by atoms with Gasteiger partial charge in [-0.15, -0.1) is 11.3 Å². The van der Waals surface area contributed by atoms with Crippen molar-refractivity contribution < 1.29 is 4.79 Å². The molecule has 0 bridgehead atoms. The highest BCUT2D eigenvalue weighted by atomic mass is 32.1. The summed E-state index contributed by atoms with van der Waals surface area (Å²) >= 11 is 1.48. The number of hydrogen-bond acceptors (Lipinski definition) is 3. The van der Waals surface area contributed by atoms with Crippen molar-refractivity contribution in [3.8, 4) is 0 Å². The van der Waals surface area contributed by atoms with E-state index < -0.39 is 0 Å². The van der Waals surface area contributed by atoms with Gasteiger partial charge in [-0.25, -0.2) is 4.98 Å². The van der Waals surface area contributed by atoms with Crippen LogP contribution in [0.25, 0.3) is 0 Å². The molecular formula is C19H21N3OS. The zero-order valence-electron chi connectivity index (χ0n) is 14.0. The van der Waals surface area contributed by atoms with E-state index in [2.05, 4.69) is 34.7 Å². The Bertz CT molecular complexity index is 808. The lowest BCUT2D eigenvalue weighted by Crippen LogP contribution is -2.31. The van der Waals surface area contributed by atoms with Crippen molar-refractivity contribution in [2.75, 3.05) is 6.54 Å². The number of rotatable bonds is 6. The van der Waals surface area contributed by atoms with E-state index in [0.717, 1.165) is 17.2 Å². The van der Waals surface area contributed by atoms with E-state index >= 15 is 0 Å². The molecule has 124 valence electrons. The average Bonchev–Trinajstić information content (AvgIpc) is 3.26. The van der Waals surface area contributed by atoms with Gasteiger partial charge in [-0.3, -0.25) is 4.79 Å². The Morgan fingerprint density at radius 3 is 2.79 bits per heavy atom. The third-order valence-corrected chi connectivity index (χ3v) is 4.99. The summed E-state index contributed by atoms with van der Waals surface area (Å²) in [5.74, 6) is 0.975. The van der Waals surface area contributed by atoms with Crippen LogP contribution in [0, 0.1) is 6.92 Å². The minimum absolute atomic E-state index is 0.0675. The Kier molecular flexibility index (Phi) is 5.11. The fourth-order valence-electron chi connectivity index (χ4n) is 2.66. The van der Waals surface area contributed by atoms with Gasteiger partial charge in [-0.2, -0.15) is 0 Å². The summed E-state index contributed by atoms with van der Waals surface area (Å²) in [6.07, 6.45) is 3.78. The Morgan fingerprint density at radius 2 is 2.08 bits per heavy atom. The van der Waals surface area contributed by atoms with Gasteiger partial charge >= 0.3 is 0 Å². The van der Waals surface area contributed by atoms with Gasteiger partial charge in [0, 0.05) is 25.5 Å². The van der Waals surface area contributed by atoms with E-state index in [0.29, 0.717) is 13.1 Å². The predicted octanol–water partition coefficient (Wildman–Crippen LogP) is 3.96. The van der Waals surface area contributed by atoms with Crippen molar-refractivity contribution in [2.45, 2.75) is 26.9 Å². The summed E-state index contributed by atoms with van der Waals surface area (Å²) in [6.45, 7) is 6.07. The number of hydrogen-bond donors (Lipinski definition) is 0. The fourth-order valence-corrected chi connectivity index (χ4v) is 3.35. The molecule has 0 saturated carbocycles. The van der Waals surface area contributed by atoms with Crippen LogP contribution in [0.2, 0.25) is 0 Å². The minimum Gasteiger partial charge on any atom is -0.331 e. The summed E-state index contributed by atoms with van der Waals surface area (Å²) in [7, 11) is 0. The molecule has 0 aliphatic rings. The van der Waals surface area contributed by atoms with Gasteiger partial charge < -0.3 is 9.47 Å². The molecule has 0 radical (unpaired) electrons. The van der Waals surface area contributed by atoms with Crippen LogP contribution in [-0.4, -0.2) is 26.9 Å². The first-order chi connectivity index (χ1) is 11.7. The van der Waals surface area contributed by atoms with Gasteiger partial charge in [0.05, 0.1) is 11.4 Å². The zero-order valence-corrected chi connectivity index (χ0v) is 14.8. The highest BCUT2D eigenvalue weighted by Crippen LogP contribution is 2.15. The minimum atomic E-state index is 0.0675. The highest BCUT2D eigenvalue weighted by Gasteiger charge is 2.17. The summed E-state index contributed by atoms with van der Waals surface area (Å²) in [6, 6.07) is 12.1. The van der Waals surface area contributed by atoms with Crippen LogP contribution in [0.4, 0.5) is 0 Å².